The van der Waals surface area contributed by atoms with Crippen LogP contribution in [0.1, 0.15) is 20.3 Å². The molecule has 1 atom stereocenters. The summed E-state index contributed by atoms with van der Waals surface area (Å²) in [4.78, 5) is 24.2. The van der Waals surface area contributed by atoms with Crippen molar-refractivity contribution in [3.8, 4) is 0 Å². The third kappa shape index (κ3) is 2.37. The van der Waals surface area contributed by atoms with Gasteiger partial charge in [-0.3, -0.25) is 4.79 Å². The van der Waals surface area contributed by atoms with Gasteiger partial charge in [0, 0.05) is 26.1 Å². The Hall–Kier alpha value is -1.26. The van der Waals surface area contributed by atoms with E-state index >= 15 is 0 Å². The fourth-order valence-corrected chi connectivity index (χ4v) is 1.58. The molecule has 1 aliphatic rings. The maximum absolute atomic E-state index is 11.5. The standard InChI is InChI=1S/C9H17N3O2/c1-6(2)12-5-7(4-8(12)13)11-9(14)10-3/h6-7H,4-5H2,1-3H3,(H2,10,11,14). The van der Waals surface area contributed by atoms with Crippen LogP contribution in [0, 0.1) is 0 Å². The van der Waals surface area contributed by atoms with Gasteiger partial charge in [-0.1, -0.05) is 0 Å². The van der Waals surface area contributed by atoms with Gasteiger partial charge in [-0.25, -0.2) is 4.79 Å². The first kappa shape index (κ1) is 10.8. The smallest absolute Gasteiger partial charge is 0.314 e. The van der Waals surface area contributed by atoms with Crippen LogP contribution < -0.4 is 10.6 Å². The van der Waals surface area contributed by atoms with E-state index < -0.39 is 0 Å². The Kier molecular flexibility index (Phi) is 3.33. The topological polar surface area (TPSA) is 61.4 Å². The Morgan fingerprint density at radius 1 is 1.57 bits per heavy atom. The fourth-order valence-electron chi connectivity index (χ4n) is 1.58. The van der Waals surface area contributed by atoms with Crippen LogP contribution in [0.4, 0.5) is 4.79 Å². The lowest BCUT2D eigenvalue weighted by Crippen LogP contribution is -2.42. The molecule has 1 rings (SSSR count). The summed E-state index contributed by atoms with van der Waals surface area (Å²) in [6.45, 7) is 4.56. The van der Waals surface area contributed by atoms with E-state index in [2.05, 4.69) is 10.6 Å². The molecule has 0 saturated carbocycles. The Morgan fingerprint density at radius 2 is 2.21 bits per heavy atom. The van der Waals surface area contributed by atoms with Crippen molar-refractivity contribution in [2.75, 3.05) is 13.6 Å². The molecule has 5 nitrogen and oxygen atoms in total. The predicted octanol–water partition coefficient (Wildman–Crippen LogP) is -0.0753. The molecule has 1 fully saturated rings. The van der Waals surface area contributed by atoms with Crippen LogP contribution in [-0.4, -0.2) is 42.5 Å². The molecule has 0 radical (unpaired) electrons. The highest BCUT2D eigenvalue weighted by Crippen LogP contribution is 2.13. The van der Waals surface area contributed by atoms with Gasteiger partial charge in [0.25, 0.3) is 0 Å². The number of nitrogens with one attached hydrogen (secondary N) is 2. The van der Waals surface area contributed by atoms with Crippen molar-refractivity contribution >= 4 is 11.9 Å². The van der Waals surface area contributed by atoms with E-state index in [-0.39, 0.29) is 24.0 Å². The highest BCUT2D eigenvalue weighted by molar-refractivity contribution is 5.81. The summed E-state index contributed by atoms with van der Waals surface area (Å²) in [6.07, 6.45) is 0.408. The molecule has 0 aliphatic carbocycles. The van der Waals surface area contributed by atoms with E-state index in [0.717, 1.165) is 0 Å². The molecule has 1 aliphatic heterocycles. The first-order valence-corrected chi connectivity index (χ1v) is 4.82. The molecule has 0 spiro atoms. The lowest BCUT2D eigenvalue weighted by Gasteiger charge is -2.20. The molecule has 3 amide bonds. The van der Waals surface area contributed by atoms with E-state index in [4.69, 9.17) is 0 Å². The Labute approximate surface area is 83.8 Å². The van der Waals surface area contributed by atoms with Gasteiger partial charge in [0.2, 0.25) is 5.91 Å². The maximum Gasteiger partial charge on any atom is 0.314 e. The molecule has 1 saturated heterocycles. The molecular formula is C9H17N3O2. The lowest BCUT2D eigenvalue weighted by molar-refractivity contribution is -0.129. The van der Waals surface area contributed by atoms with Crippen LogP contribution in [0.5, 0.6) is 0 Å². The van der Waals surface area contributed by atoms with Crippen LogP contribution in [-0.2, 0) is 4.79 Å². The second-order valence-corrected chi connectivity index (χ2v) is 3.76. The van der Waals surface area contributed by atoms with Crippen LogP contribution >= 0.6 is 0 Å². The van der Waals surface area contributed by atoms with E-state index in [1.165, 1.54) is 0 Å². The molecule has 14 heavy (non-hydrogen) atoms. The summed E-state index contributed by atoms with van der Waals surface area (Å²) >= 11 is 0. The number of carbonyl (C=O) groups is 2. The van der Waals surface area contributed by atoms with Gasteiger partial charge in [-0.05, 0) is 13.8 Å². The van der Waals surface area contributed by atoms with Gasteiger partial charge in [-0.15, -0.1) is 0 Å². The molecule has 5 heteroatoms. The Morgan fingerprint density at radius 3 is 2.64 bits per heavy atom. The van der Waals surface area contributed by atoms with Gasteiger partial charge < -0.3 is 15.5 Å². The number of nitrogens with zero attached hydrogens (tertiary/aromatic N) is 1. The van der Waals surface area contributed by atoms with Crippen molar-refractivity contribution in [1.29, 1.82) is 0 Å². The van der Waals surface area contributed by atoms with Gasteiger partial charge in [0.1, 0.15) is 0 Å². The monoisotopic (exact) mass is 199 g/mol. The molecule has 2 N–H and O–H groups in total. The summed E-state index contributed by atoms with van der Waals surface area (Å²) in [5, 5.41) is 5.20. The SMILES string of the molecule is CNC(=O)NC1CC(=O)N(C(C)C)C1. The van der Waals surface area contributed by atoms with E-state index in [9.17, 15) is 9.59 Å². The first-order valence-electron chi connectivity index (χ1n) is 4.82. The average Bonchev–Trinajstić information content (AvgIpc) is 2.46. The zero-order valence-electron chi connectivity index (χ0n) is 8.83. The largest absolute Gasteiger partial charge is 0.341 e. The summed E-state index contributed by atoms with van der Waals surface area (Å²) in [5.41, 5.74) is 0. The maximum atomic E-state index is 11.5. The van der Waals surface area contributed by atoms with Crippen molar-refractivity contribution in [3.63, 3.8) is 0 Å². The lowest BCUT2D eigenvalue weighted by atomic mass is 10.3. The number of carbonyl (C=O) groups excluding carboxylic acids is 2. The Balaban J connectivity index is 2.46. The molecule has 0 aromatic heterocycles. The average molecular weight is 199 g/mol. The van der Waals surface area contributed by atoms with Crippen LogP contribution in [0.25, 0.3) is 0 Å². The highest BCUT2D eigenvalue weighted by atomic mass is 16.2. The zero-order valence-corrected chi connectivity index (χ0v) is 8.83. The number of rotatable bonds is 2. The van der Waals surface area contributed by atoms with Gasteiger partial charge in [0.05, 0.1) is 6.04 Å². The molecular weight excluding hydrogens is 182 g/mol. The third-order valence-electron chi connectivity index (χ3n) is 2.34. The van der Waals surface area contributed by atoms with E-state index in [1.54, 1.807) is 11.9 Å². The quantitative estimate of drug-likeness (QED) is 0.653. The van der Waals surface area contributed by atoms with Crippen LogP contribution in [0.2, 0.25) is 0 Å². The van der Waals surface area contributed by atoms with Gasteiger partial charge in [0.15, 0.2) is 0 Å². The Bertz CT molecular complexity index is 240. The molecule has 0 aromatic rings. The predicted molar refractivity (Wildman–Crippen MR) is 52.8 cm³/mol. The molecule has 80 valence electrons. The third-order valence-corrected chi connectivity index (χ3v) is 2.34. The number of likely N-dealkylation sites (tertiary alicyclic amines) is 1. The first-order chi connectivity index (χ1) is 6.54. The van der Waals surface area contributed by atoms with Crippen molar-refractivity contribution < 1.29 is 9.59 Å². The minimum absolute atomic E-state index is 0.0511. The minimum atomic E-state index is -0.228. The number of hydrogen-bond donors (Lipinski definition) is 2. The summed E-state index contributed by atoms with van der Waals surface area (Å²) in [6, 6.07) is -0.0720. The normalized spacial score (nSPS) is 21.6. The zero-order chi connectivity index (χ0) is 10.7. The number of amides is 3. The molecule has 1 heterocycles. The van der Waals surface area contributed by atoms with Crippen LogP contribution in [0.3, 0.4) is 0 Å². The fraction of sp³-hybridized carbons (Fsp3) is 0.778. The van der Waals surface area contributed by atoms with Crippen molar-refractivity contribution in [3.05, 3.63) is 0 Å². The summed E-state index contributed by atoms with van der Waals surface area (Å²) in [7, 11) is 1.56. The number of urea groups is 1. The highest BCUT2D eigenvalue weighted by Gasteiger charge is 2.31. The van der Waals surface area contributed by atoms with Crippen LogP contribution in [0.15, 0.2) is 0 Å². The second kappa shape index (κ2) is 4.30. The minimum Gasteiger partial charge on any atom is -0.341 e. The molecule has 0 aromatic carbocycles. The second-order valence-electron chi connectivity index (χ2n) is 3.76. The van der Waals surface area contributed by atoms with Crippen molar-refractivity contribution in [2.24, 2.45) is 0 Å². The van der Waals surface area contributed by atoms with Crippen molar-refractivity contribution in [2.45, 2.75) is 32.4 Å². The van der Waals surface area contributed by atoms with Gasteiger partial charge >= 0.3 is 6.03 Å². The van der Waals surface area contributed by atoms with E-state index in [0.29, 0.717) is 13.0 Å². The van der Waals surface area contributed by atoms with Crippen molar-refractivity contribution in [1.82, 2.24) is 15.5 Å². The summed E-state index contributed by atoms with van der Waals surface area (Å²) in [5.74, 6) is 0.112. The molecule has 1 unspecified atom stereocenters. The molecule has 0 bridgehead atoms. The van der Waals surface area contributed by atoms with Gasteiger partial charge in [-0.2, -0.15) is 0 Å². The summed E-state index contributed by atoms with van der Waals surface area (Å²) < 4.78 is 0. The number of hydrogen-bond acceptors (Lipinski definition) is 2. The van der Waals surface area contributed by atoms with E-state index in [1.807, 2.05) is 13.8 Å².